The zero-order valence-corrected chi connectivity index (χ0v) is 12.9. The van der Waals surface area contributed by atoms with Gasteiger partial charge < -0.3 is 0 Å². The smallest absolute Gasteiger partial charge is 0.163 e. The molecule has 0 spiro atoms. The van der Waals surface area contributed by atoms with Crippen LogP contribution in [0.15, 0.2) is 18.2 Å². The molecule has 0 atom stereocenters. The Morgan fingerprint density at radius 2 is 2.14 bits per heavy atom. The number of fused-ring (bicyclic) bond motifs is 1. The van der Waals surface area contributed by atoms with E-state index < -0.39 is 0 Å². The minimum atomic E-state index is 0.254. The van der Waals surface area contributed by atoms with E-state index in [0.717, 1.165) is 22.5 Å². The maximum Gasteiger partial charge on any atom is 0.163 e. The van der Waals surface area contributed by atoms with E-state index in [4.69, 9.17) is 28.5 Å². The average Bonchev–Trinajstić information content (AvgIpc) is 2.97. The summed E-state index contributed by atoms with van der Waals surface area (Å²) in [6, 6.07) is 7.21. The van der Waals surface area contributed by atoms with E-state index in [1.807, 2.05) is 18.5 Å². The van der Waals surface area contributed by atoms with Crippen LogP contribution in [0, 0.1) is 18.3 Å². The molecular formula is C14H11Cl2N5. The van der Waals surface area contributed by atoms with E-state index in [1.165, 1.54) is 0 Å². The lowest BCUT2D eigenvalue weighted by molar-refractivity contribution is 0.755. The molecule has 3 rings (SSSR count). The summed E-state index contributed by atoms with van der Waals surface area (Å²) in [4.78, 5) is 4.54. The lowest BCUT2D eigenvalue weighted by atomic mass is 10.2. The van der Waals surface area contributed by atoms with Gasteiger partial charge in [0.25, 0.3) is 0 Å². The second kappa shape index (κ2) is 5.06. The molecule has 0 aliphatic carbocycles. The van der Waals surface area contributed by atoms with Crippen molar-refractivity contribution in [3.63, 3.8) is 0 Å². The van der Waals surface area contributed by atoms with Crippen LogP contribution in [0.5, 0.6) is 0 Å². The quantitative estimate of drug-likeness (QED) is 0.681. The molecule has 0 amide bonds. The first-order chi connectivity index (χ1) is 10.1. The van der Waals surface area contributed by atoms with Crippen molar-refractivity contribution < 1.29 is 0 Å². The Morgan fingerprint density at radius 3 is 2.76 bits per heavy atom. The molecule has 0 aliphatic heterocycles. The Morgan fingerprint density at radius 1 is 1.38 bits per heavy atom. The summed E-state index contributed by atoms with van der Waals surface area (Å²) < 4.78 is 3.63. The molecule has 0 aliphatic rings. The van der Waals surface area contributed by atoms with Gasteiger partial charge in [-0.15, -0.1) is 11.6 Å². The third-order valence-electron chi connectivity index (χ3n) is 3.31. The number of alkyl halides is 1. The molecule has 2 aromatic heterocycles. The van der Waals surface area contributed by atoms with Gasteiger partial charge in [-0.1, -0.05) is 11.6 Å². The lowest BCUT2D eigenvalue weighted by Gasteiger charge is -2.10. The van der Waals surface area contributed by atoms with Crippen molar-refractivity contribution in [3.8, 4) is 11.8 Å². The van der Waals surface area contributed by atoms with Crippen LogP contribution in [0.25, 0.3) is 16.9 Å². The zero-order chi connectivity index (χ0) is 15.1. The van der Waals surface area contributed by atoms with Crippen molar-refractivity contribution in [2.45, 2.75) is 12.8 Å². The lowest BCUT2D eigenvalue weighted by Crippen LogP contribution is -2.05. The molecule has 0 saturated heterocycles. The number of aryl methyl sites for hydroxylation is 2. The highest BCUT2D eigenvalue weighted by Gasteiger charge is 2.19. The summed E-state index contributed by atoms with van der Waals surface area (Å²) in [5, 5.41) is 13.8. The molecule has 0 radical (unpaired) electrons. The normalized spacial score (nSPS) is 11.0. The maximum atomic E-state index is 8.94. The van der Waals surface area contributed by atoms with Gasteiger partial charge in [0.05, 0.1) is 33.9 Å². The average molecular weight is 320 g/mol. The van der Waals surface area contributed by atoms with Crippen LogP contribution in [-0.4, -0.2) is 19.3 Å². The molecule has 7 heteroatoms. The number of aromatic nitrogens is 4. The van der Waals surface area contributed by atoms with Crippen molar-refractivity contribution in [2.75, 3.05) is 0 Å². The minimum absolute atomic E-state index is 0.254. The number of imidazole rings is 1. The van der Waals surface area contributed by atoms with Crippen LogP contribution < -0.4 is 0 Å². The Kier molecular flexibility index (Phi) is 3.36. The van der Waals surface area contributed by atoms with Crippen LogP contribution in [0.3, 0.4) is 0 Å². The third kappa shape index (κ3) is 2.08. The Hall–Kier alpha value is -2.03. The van der Waals surface area contributed by atoms with Crippen LogP contribution in [0.2, 0.25) is 5.02 Å². The van der Waals surface area contributed by atoms with E-state index in [2.05, 4.69) is 16.2 Å². The fourth-order valence-corrected chi connectivity index (χ4v) is 2.86. The molecular weight excluding hydrogens is 309 g/mol. The number of halogens is 2. The van der Waals surface area contributed by atoms with Crippen LogP contribution in [-0.2, 0) is 12.9 Å². The number of nitrogens with zero attached hydrogens (tertiary/aromatic N) is 5. The Balaban J connectivity index is 2.36. The van der Waals surface area contributed by atoms with Crippen molar-refractivity contribution in [1.29, 1.82) is 5.26 Å². The van der Waals surface area contributed by atoms with E-state index in [9.17, 15) is 0 Å². The Bertz CT molecular complexity index is 885. The van der Waals surface area contributed by atoms with Gasteiger partial charge in [-0.2, -0.15) is 10.4 Å². The predicted octanol–water partition coefficient (Wildman–Crippen LogP) is 3.33. The maximum absolute atomic E-state index is 8.94. The number of hydrogen-bond acceptors (Lipinski definition) is 3. The number of hydrogen-bond donors (Lipinski definition) is 0. The van der Waals surface area contributed by atoms with Crippen molar-refractivity contribution in [3.05, 3.63) is 40.3 Å². The van der Waals surface area contributed by atoms with Gasteiger partial charge in [0.1, 0.15) is 11.3 Å². The van der Waals surface area contributed by atoms with Gasteiger partial charge >= 0.3 is 0 Å². The molecule has 21 heavy (non-hydrogen) atoms. The third-order valence-corrected chi connectivity index (χ3v) is 3.85. The standard InChI is InChI=1S/C14H11Cl2N5/c1-8-13-14(20(2)19-8)21(12(6-15)18-13)11-4-3-9(7-17)5-10(11)16/h3-5H,6H2,1-2H3. The molecule has 0 unspecified atom stereocenters. The molecule has 2 heterocycles. The number of nitriles is 1. The van der Waals surface area contributed by atoms with E-state index in [1.54, 1.807) is 22.9 Å². The molecule has 0 fully saturated rings. The summed E-state index contributed by atoms with van der Waals surface area (Å²) in [6.07, 6.45) is 0. The largest absolute Gasteiger partial charge is 0.278 e. The first-order valence-corrected chi connectivity index (χ1v) is 7.15. The van der Waals surface area contributed by atoms with Crippen molar-refractivity contribution in [2.24, 2.45) is 7.05 Å². The molecule has 0 saturated carbocycles. The fraction of sp³-hybridized carbons (Fsp3) is 0.214. The van der Waals surface area contributed by atoms with Gasteiger partial charge in [-0.05, 0) is 25.1 Å². The second-order valence-electron chi connectivity index (χ2n) is 4.66. The molecule has 0 bridgehead atoms. The van der Waals surface area contributed by atoms with Crippen molar-refractivity contribution in [1.82, 2.24) is 19.3 Å². The van der Waals surface area contributed by atoms with E-state index >= 15 is 0 Å². The van der Waals surface area contributed by atoms with Gasteiger partial charge in [0.2, 0.25) is 0 Å². The van der Waals surface area contributed by atoms with Gasteiger partial charge in [0.15, 0.2) is 5.65 Å². The molecule has 106 valence electrons. The van der Waals surface area contributed by atoms with Gasteiger partial charge in [-0.3, -0.25) is 4.57 Å². The van der Waals surface area contributed by atoms with Crippen LogP contribution in [0.1, 0.15) is 17.1 Å². The fourth-order valence-electron chi connectivity index (χ4n) is 2.42. The van der Waals surface area contributed by atoms with Gasteiger partial charge in [0, 0.05) is 7.05 Å². The van der Waals surface area contributed by atoms with Crippen molar-refractivity contribution >= 4 is 34.4 Å². The topological polar surface area (TPSA) is 59.4 Å². The summed E-state index contributed by atoms with van der Waals surface area (Å²) in [5.41, 5.74) is 3.70. The highest BCUT2D eigenvalue weighted by molar-refractivity contribution is 6.32. The summed E-state index contributed by atoms with van der Waals surface area (Å²) in [7, 11) is 1.85. The monoisotopic (exact) mass is 319 g/mol. The predicted molar refractivity (Wildman–Crippen MR) is 81.9 cm³/mol. The minimum Gasteiger partial charge on any atom is -0.278 e. The highest BCUT2D eigenvalue weighted by Crippen LogP contribution is 2.29. The van der Waals surface area contributed by atoms with Crippen LogP contribution in [0.4, 0.5) is 0 Å². The van der Waals surface area contributed by atoms with E-state index in [-0.39, 0.29) is 5.88 Å². The molecule has 3 aromatic rings. The zero-order valence-electron chi connectivity index (χ0n) is 11.4. The summed E-state index contributed by atoms with van der Waals surface area (Å²) in [6.45, 7) is 1.90. The Labute approximate surface area is 131 Å². The molecule has 0 N–H and O–H groups in total. The SMILES string of the molecule is Cc1nn(C)c2c1nc(CCl)n2-c1ccc(C#N)cc1Cl. The highest BCUT2D eigenvalue weighted by atomic mass is 35.5. The molecule has 5 nitrogen and oxygen atoms in total. The first kappa shape index (κ1) is 13.9. The molecule has 1 aromatic carbocycles. The number of rotatable bonds is 2. The number of benzene rings is 1. The summed E-state index contributed by atoms with van der Waals surface area (Å²) in [5.74, 6) is 0.944. The second-order valence-corrected chi connectivity index (χ2v) is 5.33. The summed E-state index contributed by atoms with van der Waals surface area (Å²) >= 11 is 12.3. The van der Waals surface area contributed by atoms with E-state index in [0.29, 0.717) is 16.4 Å². The first-order valence-electron chi connectivity index (χ1n) is 6.23. The van der Waals surface area contributed by atoms with Crippen LogP contribution >= 0.6 is 23.2 Å². The van der Waals surface area contributed by atoms with Gasteiger partial charge in [-0.25, -0.2) is 9.67 Å².